The second kappa shape index (κ2) is 11.0. The van der Waals surface area contributed by atoms with Gasteiger partial charge in [0.25, 0.3) is 17.7 Å². The summed E-state index contributed by atoms with van der Waals surface area (Å²) in [5.74, 6) is -2.41. The van der Waals surface area contributed by atoms with Gasteiger partial charge in [0.2, 0.25) is 11.8 Å². The predicted molar refractivity (Wildman–Crippen MR) is 144 cm³/mol. The van der Waals surface area contributed by atoms with Crippen LogP contribution in [0.25, 0.3) is 5.69 Å². The fraction of sp³-hybridized carbons (Fsp3) is 0.286. The zero-order chi connectivity index (χ0) is 28.4. The minimum atomic E-state index is -1.02. The van der Waals surface area contributed by atoms with Crippen molar-refractivity contribution in [3.05, 3.63) is 81.5 Å². The monoisotopic (exact) mass is 544 g/mol. The van der Waals surface area contributed by atoms with Crippen molar-refractivity contribution in [1.29, 1.82) is 0 Å². The molecule has 5 amide bonds. The Morgan fingerprint density at radius 3 is 2.42 bits per heavy atom. The van der Waals surface area contributed by atoms with Gasteiger partial charge in [0.15, 0.2) is 0 Å². The number of imide groups is 2. The zero-order valence-corrected chi connectivity index (χ0v) is 21.8. The second-order valence-electron chi connectivity index (χ2n) is 9.68. The van der Waals surface area contributed by atoms with Crippen LogP contribution in [-0.4, -0.2) is 63.1 Å². The Balaban J connectivity index is 1.11. The molecule has 0 spiro atoms. The van der Waals surface area contributed by atoms with Crippen molar-refractivity contribution in [3.8, 4) is 5.69 Å². The second-order valence-corrected chi connectivity index (χ2v) is 9.68. The van der Waals surface area contributed by atoms with Crippen molar-refractivity contribution in [3.63, 3.8) is 0 Å². The van der Waals surface area contributed by atoms with Gasteiger partial charge in [-0.25, -0.2) is 4.79 Å². The van der Waals surface area contributed by atoms with Gasteiger partial charge in [0.05, 0.1) is 16.8 Å². The van der Waals surface area contributed by atoms with Crippen LogP contribution in [-0.2, 0) is 9.59 Å². The van der Waals surface area contributed by atoms with Crippen molar-refractivity contribution < 1.29 is 24.0 Å². The molecular weight excluding hydrogens is 516 g/mol. The van der Waals surface area contributed by atoms with Crippen LogP contribution in [0.2, 0.25) is 0 Å². The molecule has 12 heteroatoms. The Morgan fingerprint density at radius 1 is 0.975 bits per heavy atom. The van der Waals surface area contributed by atoms with Gasteiger partial charge in [0.1, 0.15) is 6.04 Å². The molecule has 1 saturated heterocycles. The van der Waals surface area contributed by atoms with E-state index in [4.69, 9.17) is 0 Å². The number of nitrogens with zero attached hydrogens (tertiary/aromatic N) is 2. The minimum Gasteiger partial charge on any atom is -0.384 e. The van der Waals surface area contributed by atoms with Gasteiger partial charge in [0, 0.05) is 42.7 Å². The van der Waals surface area contributed by atoms with Crippen LogP contribution in [0.15, 0.2) is 53.5 Å². The van der Waals surface area contributed by atoms with Crippen molar-refractivity contribution in [1.82, 2.24) is 25.1 Å². The number of benzene rings is 2. The van der Waals surface area contributed by atoms with Gasteiger partial charge in [-0.1, -0.05) is 6.07 Å². The van der Waals surface area contributed by atoms with E-state index in [1.165, 1.54) is 4.57 Å². The van der Waals surface area contributed by atoms with E-state index in [-0.39, 0.29) is 35.6 Å². The number of aromatic amines is 1. The van der Waals surface area contributed by atoms with E-state index in [0.29, 0.717) is 42.9 Å². The lowest BCUT2D eigenvalue weighted by molar-refractivity contribution is -0.136. The number of fused-ring (bicyclic) bond motifs is 1. The first-order valence-corrected chi connectivity index (χ1v) is 13.0. The number of unbranched alkanes of at least 4 members (excludes halogenated alkanes) is 1. The molecule has 2 aromatic carbocycles. The molecule has 40 heavy (non-hydrogen) atoms. The summed E-state index contributed by atoms with van der Waals surface area (Å²) < 4.78 is 1.52. The molecular formula is C28H28N6O6. The number of nitrogens with one attached hydrogen (secondary N) is 4. The van der Waals surface area contributed by atoms with Gasteiger partial charge in [-0.3, -0.25) is 38.8 Å². The van der Waals surface area contributed by atoms with E-state index in [1.54, 1.807) is 48.7 Å². The lowest BCUT2D eigenvalue weighted by Crippen LogP contribution is -2.54. The average Bonchev–Trinajstić information content (AvgIpc) is 3.41. The van der Waals surface area contributed by atoms with E-state index in [0.717, 1.165) is 10.6 Å². The first kappa shape index (κ1) is 26.6. The van der Waals surface area contributed by atoms with Crippen molar-refractivity contribution in [2.45, 2.75) is 38.6 Å². The van der Waals surface area contributed by atoms with Crippen LogP contribution in [0, 0.1) is 6.92 Å². The number of aryl methyl sites for hydroxylation is 1. The summed E-state index contributed by atoms with van der Waals surface area (Å²) in [6.45, 7) is 2.74. The summed E-state index contributed by atoms with van der Waals surface area (Å²) in [4.78, 5) is 77.9. The molecule has 0 aliphatic carbocycles. The molecule has 1 unspecified atom stereocenters. The lowest BCUT2D eigenvalue weighted by Gasteiger charge is -2.27. The van der Waals surface area contributed by atoms with Crippen LogP contribution < -0.4 is 21.6 Å². The number of H-pyrrole nitrogens is 1. The third kappa shape index (κ3) is 5.03. The van der Waals surface area contributed by atoms with E-state index < -0.39 is 29.7 Å². The fourth-order valence-corrected chi connectivity index (χ4v) is 4.98. The Bertz CT molecular complexity index is 1570. The minimum absolute atomic E-state index is 0.0609. The number of carbonyl (C=O) groups is 5. The molecule has 4 N–H and O–H groups in total. The Labute approximate surface area is 228 Å². The summed E-state index contributed by atoms with van der Waals surface area (Å²) in [5, 5.41) is 8.25. The molecule has 5 rings (SSSR count). The summed E-state index contributed by atoms with van der Waals surface area (Å²) in [6, 6.07) is 10.7. The zero-order valence-electron chi connectivity index (χ0n) is 21.8. The van der Waals surface area contributed by atoms with Crippen molar-refractivity contribution in [2.75, 3.05) is 18.4 Å². The molecule has 0 saturated carbocycles. The number of hydrogen-bond acceptors (Lipinski definition) is 7. The third-order valence-electron chi connectivity index (χ3n) is 7.02. The highest BCUT2D eigenvalue weighted by molar-refractivity contribution is 6.25. The number of rotatable bonds is 9. The fourth-order valence-electron chi connectivity index (χ4n) is 4.98. The van der Waals surface area contributed by atoms with Crippen LogP contribution >= 0.6 is 0 Å². The van der Waals surface area contributed by atoms with Gasteiger partial charge in [-0.2, -0.15) is 0 Å². The molecule has 3 aromatic rings. The molecule has 0 radical (unpaired) electrons. The summed E-state index contributed by atoms with van der Waals surface area (Å²) in [7, 11) is 0. The van der Waals surface area contributed by atoms with Crippen LogP contribution in [0.4, 0.5) is 5.69 Å². The first-order chi connectivity index (χ1) is 19.3. The quantitative estimate of drug-likeness (QED) is 0.234. The maximum Gasteiger partial charge on any atom is 0.330 e. The van der Waals surface area contributed by atoms with E-state index in [2.05, 4.69) is 20.9 Å². The molecule has 3 heterocycles. The van der Waals surface area contributed by atoms with E-state index in [1.807, 2.05) is 6.92 Å². The summed E-state index contributed by atoms with van der Waals surface area (Å²) >= 11 is 0. The molecule has 1 atom stereocenters. The Morgan fingerprint density at radius 2 is 1.73 bits per heavy atom. The highest BCUT2D eigenvalue weighted by Crippen LogP contribution is 2.32. The van der Waals surface area contributed by atoms with E-state index in [9.17, 15) is 28.8 Å². The maximum absolute atomic E-state index is 13.2. The normalized spacial score (nSPS) is 16.6. The maximum atomic E-state index is 13.2. The number of hydrogen-bond donors (Lipinski definition) is 4. The van der Waals surface area contributed by atoms with Gasteiger partial charge in [-0.15, -0.1) is 0 Å². The Hall–Kier alpha value is -5.00. The molecule has 2 aliphatic heterocycles. The summed E-state index contributed by atoms with van der Waals surface area (Å²) in [6.07, 6.45) is 3.12. The number of aromatic nitrogens is 2. The smallest absolute Gasteiger partial charge is 0.330 e. The first-order valence-electron chi connectivity index (χ1n) is 13.0. The summed E-state index contributed by atoms with van der Waals surface area (Å²) in [5.41, 5.74) is 2.59. The van der Waals surface area contributed by atoms with Gasteiger partial charge >= 0.3 is 5.69 Å². The number of imidazole rings is 1. The molecule has 1 fully saturated rings. The van der Waals surface area contributed by atoms with Crippen molar-refractivity contribution >= 4 is 35.2 Å². The highest BCUT2D eigenvalue weighted by Gasteiger charge is 2.45. The van der Waals surface area contributed by atoms with Crippen LogP contribution in [0.5, 0.6) is 0 Å². The average molecular weight is 545 g/mol. The molecule has 0 bridgehead atoms. The topological polar surface area (TPSA) is 162 Å². The predicted octanol–water partition coefficient (Wildman–Crippen LogP) is 1.50. The molecule has 1 aromatic heterocycles. The third-order valence-corrected chi connectivity index (χ3v) is 7.02. The molecule has 12 nitrogen and oxygen atoms in total. The SMILES string of the molecule is Cc1c[nH]c(=O)n1-c1ccc(C(=O)NCCCCNc2cccc3c2C(=O)N(C2CCC(=O)NC2=O)C3=O)cc1. The standard InChI is InChI=1S/C28H28N6O6/c1-16-15-31-28(40)33(16)18-9-7-17(8-10-18)24(36)30-14-3-2-13-29-20-6-4-5-19-23(20)27(39)34(26(19)38)21-11-12-22(35)32-25(21)37/h4-10,15,21,29H,2-3,11-14H2,1H3,(H,30,36)(H,31,40)(H,32,35,37). The van der Waals surface area contributed by atoms with Crippen LogP contribution in [0.1, 0.15) is 62.5 Å². The number of amides is 5. The number of piperidine rings is 1. The number of anilines is 1. The highest BCUT2D eigenvalue weighted by atomic mass is 16.2. The largest absolute Gasteiger partial charge is 0.384 e. The van der Waals surface area contributed by atoms with Crippen LogP contribution in [0.3, 0.4) is 0 Å². The Kier molecular flexibility index (Phi) is 7.32. The van der Waals surface area contributed by atoms with Crippen molar-refractivity contribution in [2.24, 2.45) is 0 Å². The van der Waals surface area contributed by atoms with Gasteiger partial charge in [-0.05, 0) is 62.6 Å². The van der Waals surface area contributed by atoms with E-state index >= 15 is 0 Å². The van der Waals surface area contributed by atoms with Gasteiger partial charge < -0.3 is 15.6 Å². The number of carbonyl (C=O) groups excluding carboxylic acids is 5. The lowest BCUT2D eigenvalue weighted by atomic mass is 10.0. The molecule has 2 aliphatic rings. The molecule has 206 valence electrons.